The number of hydrogen-bond acceptors (Lipinski definition) is 9. The molecule has 0 spiro atoms. The summed E-state index contributed by atoms with van der Waals surface area (Å²) in [5.41, 5.74) is 1.23. The molecule has 1 aromatic carbocycles. The van der Waals surface area contributed by atoms with Crippen LogP contribution in [-0.4, -0.2) is 75.3 Å². The van der Waals surface area contributed by atoms with E-state index in [4.69, 9.17) is 16.7 Å². The number of benzene rings is 1. The van der Waals surface area contributed by atoms with E-state index in [1.54, 1.807) is 18.6 Å². The van der Waals surface area contributed by atoms with E-state index in [2.05, 4.69) is 95.4 Å². The maximum atomic E-state index is 11.3. The van der Waals surface area contributed by atoms with E-state index >= 15 is 0 Å². The normalized spacial score (nSPS) is 16.4. The molecule has 11 heteroatoms. The molecule has 10 nitrogen and oxygen atoms in total. The van der Waals surface area contributed by atoms with Crippen molar-refractivity contribution in [2.75, 3.05) is 43.9 Å². The van der Waals surface area contributed by atoms with E-state index in [9.17, 15) is 4.79 Å². The van der Waals surface area contributed by atoms with Gasteiger partial charge in [-0.2, -0.15) is 0 Å². The molecular weight excluding hydrogens is 576 g/mol. The van der Waals surface area contributed by atoms with Gasteiger partial charge < -0.3 is 26.0 Å². The predicted molar refractivity (Wildman–Crippen MR) is 182 cm³/mol. The van der Waals surface area contributed by atoms with E-state index in [0.29, 0.717) is 28.9 Å². The minimum atomic E-state index is -0.147. The highest BCUT2D eigenvalue weighted by Gasteiger charge is 2.20. The number of nitrogens with one attached hydrogen (secondary N) is 4. The molecule has 5 N–H and O–H groups in total. The minimum absolute atomic E-state index is 0. The van der Waals surface area contributed by atoms with Gasteiger partial charge in [0.2, 0.25) is 0 Å². The van der Waals surface area contributed by atoms with Gasteiger partial charge in [0.1, 0.15) is 0 Å². The largest absolute Gasteiger partial charge is 0.400 e. The van der Waals surface area contributed by atoms with Crippen LogP contribution in [-0.2, 0) is 6.54 Å². The van der Waals surface area contributed by atoms with Crippen molar-refractivity contribution < 1.29 is 5.11 Å². The van der Waals surface area contributed by atoms with E-state index in [-0.39, 0.29) is 13.0 Å². The molecule has 3 aliphatic rings. The SMILES string of the molecule is C.C1=CCC=CC1.CO.Clc1nccnc1NC1CCN(Cc2ccccc2)CC1.O=c1[nH]ccnc1NC1CCNCC1. The number of halogens is 1. The summed E-state index contributed by atoms with van der Waals surface area (Å²) < 4.78 is 0. The standard InChI is InChI=1S/C16H19ClN4.C9H14N4O.C6H8.CH4O.CH4/c17-15-16(19-9-8-18-15)20-14-6-10-21(11-7-14)12-13-4-2-1-3-5-13;14-9-8(11-5-6-12-9)13-7-1-3-10-4-2-7;1-2-4-6-5-3-1;1-2;/h1-5,8-9,14H,6-7,10-12H2,(H,19,20);5-7,10H,1-4H2,(H,11,13)(H,12,14);1-2,5-6H,3-4H2;2H,1H3;1H4. The van der Waals surface area contributed by atoms with Crippen molar-refractivity contribution >= 4 is 23.2 Å². The fourth-order valence-corrected chi connectivity index (χ4v) is 5.00. The van der Waals surface area contributed by atoms with Gasteiger partial charge in [-0.3, -0.25) is 9.69 Å². The zero-order valence-electron chi connectivity index (χ0n) is 25.0. The lowest BCUT2D eigenvalue weighted by atomic mass is 10.0. The number of allylic oxidation sites excluding steroid dienone is 4. The van der Waals surface area contributed by atoms with Crippen LogP contribution in [0.15, 0.2) is 84.2 Å². The van der Waals surface area contributed by atoms with Gasteiger partial charge >= 0.3 is 0 Å². The first kappa shape index (κ1) is 36.6. The van der Waals surface area contributed by atoms with Crippen molar-refractivity contribution in [2.45, 2.75) is 64.6 Å². The number of nitrogens with zero attached hydrogens (tertiary/aromatic N) is 4. The Morgan fingerprint density at radius 1 is 0.841 bits per heavy atom. The molecule has 0 radical (unpaired) electrons. The molecule has 2 saturated heterocycles. The lowest BCUT2D eigenvalue weighted by Crippen LogP contribution is -2.38. The molecule has 6 rings (SSSR count). The molecule has 2 fully saturated rings. The van der Waals surface area contributed by atoms with Crippen LogP contribution >= 0.6 is 11.6 Å². The molecular formula is C33H49ClN8O2. The Balaban J connectivity index is 0.000000252. The maximum absolute atomic E-state index is 11.3. The van der Waals surface area contributed by atoms with Gasteiger partial charge in [-0.15, -0.1) is 0 Å². The number of anilines is 2. The fourth-order valence-electron chi connectivity index (χ4n) is 4.84. The molecule has 0 amide bonds. The number of rotatable bonds is 6. The third-order valence-corrected chi connectivity index (χ3v) is 7.37. The fraction of sp³-hybridized carbons (Fsp3) is 0.455. The smallest absolute Gasteiger partial charge is 0.290 e. The van der Waals surface area contributed by atoms with Crippen LogP contribution in [0.25, 0.3) is 0 Å². The molecule has 4 heterocycles. The van der Waals surface area contributed by atoms with Gasteiger partial charge in [0.25, 0.3) is 5.56 Å². The van der Waals surface area contributed by atoms with Crippen LogP contribution in [0.4, 0.5) is 11.6 Å². The summed E-state index contributed by atoms with van der Waals surface area (Å²) in [6.07, 6.45) is 21.7. The summed E-state index contributed by atoms with van der Waals surface area (Å²) in [5.74, 6) is 1.13. The Hall–Kier alpha value is -3.57. The van der Waals surface area contributed by atoms with E-state index in [0.717, 1.165) is 78.4 Å². The molecule has 0 unspecified atom stereocenters. The number of aliphatic hydroxyl groups is 1. The molecule has 2 aromatic heterocycles. The number of piperidine rings is 2. The topological polar surface area (TPSA) is 131 Å². The van der Waals surface area contributed by atoms with Gasteiger partial charge in [-0.25, -0.2) is 15.0 Å². The highest BCUT2D eigenvalue weighted by Crippen LogP contribution is 2.20. The van der Waals surface area contributed by atoms with Crippen molar-refractivity contribution in [1.82, 2.24) is 30.2 Å². The molecule has 0 atom stereocenters. The molecule has 1 aliphatic carbocycles. The maximum Gasteiger partial charge on any atom is 0.290 e. The number of aromatic amines is 1. The average molecular weight is 625 g/mol. The first-order valence-corrected chi connectivity index (χ1v) is 15.3. The van der Waals surface area contributed by atoms with Gasteiger partial charge in [-0.05, 0) is 57.2 Å². The number of hydrogen-bond donors (Lipinski definition) is 5. The van der Waals surface area contributed by atoms with Crippen molar-refractivity contribution in [2.24, 2.45) is 0 Å². The van der Waals surface area contributed by atoms with Crippen LogP contribution in [0.1, 0.15) is 51.5 Å². The van der Waals surface area contributed by atoms with Crippen molar-refractivity contribution in [1.29, 1.82) is 0 Å². The van der Waals surface area contributed by atoms with Crippen LogP contribution in [0.3, 0.4) is 0 Å². The van der Waals surface area contributed by atoms with Crippen LogP contribution in [0.2, 0.25) is 5.15 Å². The summed E-state index contributed by atoms with van der Waals surface area (Å²) in [7, 11) is 1.00. The van der Waals surface area contributed by atoms with Gasteiger partial charge in [0, 0.05) is 63.6 Å². The van der Waals surface area contributed by atoms with E-state index in [1.165, 1.54) is 11.8 Å². The second-order valence-electron chi connectivity index (χ2n) is 10.2. The zero-order chi connectivity index (χ0) is 30.5. The van der Waals surface area contributed by atoms with Gasteiger partial charge in [0.05, 0.1) is 0 Å². The van der Waals surface area contributed by atoms with Gasteiger partial charge in [-0.1, -0.05) is 73.7 Å². The second-order valence-corrected chi connectivity index (χ2v) is 10.6. The summed E-state index contributed by atoms with van der Waals surface area (Å²) in [6, 6.07) is 11.4. The summed E-state index contributed by atoms with van der Waals surface area (Å²) >= 11 is 6.03. The van der Waals surface area contributed by atoms with Crippen LogP contribution in [0.5, 0.6) is 0 Å². The molecule has 3 aromatic rings. The molecule has 44 heavy (non-hydrogen) atoms. The van der Waals surface area contributed by atoms with Crippen LogP contribution in [0, 0.1) is 0 Å². The Morgan fingerprint density at radius 2 is 1.41 bits per heavy atom. The third kappa shape index (κ3) is 13.8. The molecule has 2 aliphatic heterocycles. The van der Waals surface area contributed by atoms with E-state index < -0.39 is 0 Å². The highest BCUT2D eigenvalue weighted by atomic mass is 35.5. The monoisotopic (exact) mass is 624 g/mol. The second kappa shape index (κ2) is 22.0. The molecule has 0 saturated carbocycles. The summed E-state index contributed by atoms with van der Waals surface area (Å²) in [6.45, 7) is 5.21. The summed E-state index contributed by atoms with van der Waals surface area (Å²) in [5, 5.41) is 17.3. The molecule has 0 bridgehead atoms. The highest BCUT2D eigenvalue weighted by molar-refractivity contribution is 6.31. The first-order valence-electron chi connectivity index (χ1n) is 14.9. The number of aromatic nitrogens is 4. The Kier molecular flexibility index (Phi) is 18.3. The number of likely N-dealkylation sites (tertiary alicyclic amines) is 1. The Bertz CT molecular complexity index is 1250. The molecule has 240 valence electrons. The predicted octanol–water partition coefficient (Wildman–Crippen LogP) is 5.28. The van der Waals surface area contributed by atoms with Crippen molar-refractivity contribution in [3.8, 4) is 0 Å². The third-order valence-electron chi connectivity index (χ3n) is 7.10. The lowest BCUT2D eigenvalue weighted by Gasteiger charge is -2.32. The van der Waals surface area contributed by atoms with Crippen molar-refractivity contribution in [3.05, 3.63) is 100 Å². The van der Waals surface area contributed by atoms with Crippen LogP contribution < -0.4 is 21.5 Å². The quantitative estimate of drug-likeness (QED) is 0.233. The number of H-pyrrole nitrogens is 1. The lowest BCUT2D eigenvalue weighted by molar-refractivity contribution is 0.211. The van der Waals surface area contributed by atoms with Crippen molar-refractivity contribution in [3.63, 3.8) is 0 Å². The Labute approximate surface area is 267 Å². The average Bonchev–Trinajstić information content (AvgIpc) is 3.07. The Morgan fingerprint density at radius 3 is 2.00 bits per heavy atom. The first-order chi connectivity index (χ1) is 21.2. The van der Waals surface area contributed by atoms with Gasteiger partial charge in [0.15, 0.2) is 16.8 Å². The zero-order valence-corrected chi connectivity index (χ0v) is 25.7. The number of aliphatic hydroxyl groups excluding tert-OH is 1. The summed E-state index contributed by atoms with van der Waals surface area (Å²) in [4.78, 5) is 28.7. The van der Waals surface area contributed by atoms with E-state index in [1.807, 2.05) is 0 Å². The minimum Gasteiger partial charge on any atom is -0.400 e.